The Morgan fingerprint density at radius 2 is 2.20 bits per heavy atom. The Morgan fingerprint density at radius 1 is 1.47 bits per heavy atom. The molecule has 0 spiro atoms. The number of nitrogens with one attached hydrogen (secondary N) is 1. The summed E-state index contributed by atoms with van der Waals surface area (Å²) in [5, 5.41) is 4.08. The van der Waals surface area contributed by atoms with Gasteiger partial charge in [0.15, 0.2) is 0 Å². The summed E-state index contributed by atoms with van der Waals surface area (Å²) in [4.78, 5) is 0. The van der Waals surface area contributed by atoms with Crippen LogP contribution < -0.4 is 5.32 Å². The van der Waals surface area contributed by atoms with Crippen LogP contribution in [0.4, 0.5) is 5.69 Å². The lowest BCUT2D eigenvalue weighted by Crippen LogP contribution is -2.21. The van der Waals surface area contributed by atoms with E-state index in [1.54, 1.807) is 0 Å². The number of anilines is 1. The highest BCUT2D eigenvalue weighted by Crippen LogP contribution is 2.23. The second-order valence-electron chi connectivity index (χ2n) is 3.69. The van der Waals surface area contributed by atoms with Gasteiger partial charge in [0.25, 0.3) is 0 Å². The molecule has 0 saturated carbocycles. The van der Waals surface area contributed by atoms with Gasteiger partial charge < -0.3 is 10.1 Å². The van der Waals surface area contributed by atoms with Crippen LogP contribution in [0.1, 0.15) is 19.4 Å². The van der Waals surface area contributed by atoms with Crippen molar-refractivity contribution in [3.05, 3.63) is 28.8 Å². The first kappa shape index (κ1) is 12.3. The summed E-state index contributed by atoms with van der Waals surface area (Å²) in [6, 6.07) is 6.22. The van der Waals surface area contributed by atoms with Crippen molar-refractivity contribution in [2.45, 2.75) is 26.8 Å². The smallest absolute Gasteiger partial charge is 0.0664 e. The fraction of sp³-hybridized carbons (Fsp3) is 0.500. The van der Waals surface area contributed by atoms with Gasteiger partial charge in [-0.25, -0.2) is 0 Å². The number of aryl methyl sites for hydroxylation is 1. The molecule has 0 aromatic heterocycles. The molecule has 0 heterocycles. The predicted molar refractivity (Wildman–Crippen MR) is 65.8 cm³/mol. The third-order valence-electron chi connectivity index (χ3n) is 2.10. The lowest BCUT2D eigenvalue weighted by atomic mass is 10.2. The van der Waals surface area contributed by atoms with Crippen molar-refractivity contribution < 1.29 is 4.74 Å². The molecule has 0 amide bonds. The SMILES string of the molecule is CCOCC(C)Nc1cc(C)ccc1Cl. The monoisotopic (exact) mass is 227 g/mol. The molecule has 1 unspecified atom stereocenters. The molecule has 3 heteroatoms. The molecular weight excluding hydrogens is 210 g/mol. The number of hydrogen-bond donors (Lipinski definition) is 1. The second-order valence-corrected chi connectivity index (χ2v) is 4.10. The molecule has 84 valence electrons. The number of hydrogen-bond acceptors (Lipinski definition) is 2. The van der Waals surface area contributed by atoms with Crippen molar-refractivity contribution in [3.63, 3.8) is 0 Å². The number of rotatable bonds is 5. The summed E-state index contributed by atoms with van der Waals surface area (Å²) >= 11 is 6.07. The molecule has 1 N–H and O–H groups in total. The number of ether oxygens (including phenoxy) is 1. The van der Waals surface area contributed by atoms with Crippen LogP contribution in [0.25, 0.3) is 0 Å². The van der Waals surface area contributed by atoms with Crippen LogP contribution in [-0.4, -0.2) is 19.3 Å². The zero-order chi connectivity index (χ0) is 11.3. The molecule has 1 aromatic carbocycles. The molecule has 0 saturated heterocycles. The molecule has 1 rings (SSSR count). The van der Waals surface area contributed by atoms with E-state index < -0.39 is 0 Å². The highest BCUT2D eigenvalue weighted by Gasteiger charge is 2.05. The Bertz CT molecular complexity index is 314. The van der Waals surface area contributed by atoms with Gasteiger partial charge in [-0.05, 0) is 38.5 Å². The Labute approximate surface area is 96.6 Å². The fourth-order valence-corrected chi connectivity index (χ4v) is 1.52. The summed E-state index contributed by atoms with van der Waals surface area (Å²) in [7, 11) is 0. The van der Waals surface area contributed by atoms with Crippen LogP contribution in [-0.2, 0) is 4.74 Å². The van der Waals surface area contributed by atoms with Crippen LogP contribution in [0.5, 0.6) is 0 Å². The Hall–Kier alpha value is -0.730. The molecule has 2 nitrogen and oxygen atoms in total. The third kappa shape index (κ3) is 4.10. The summed E-state index contributed by atoms with van der Waals surface area (Å²) in [6.07, 6.45) is 0. The molecule has 0 radical (unpaired) electrons. The van der Waals surface area contributed by atoms with Crippen molar-refractivity contribution in [1.82, 2.24) is 0 Å². The summed E-state index contributed by atoms with van der Waals surface area (Å²) in [5.74, 6) is 0. The Kier molecular flexibility index (Phi) is 4.92. The minimum atomic E-state index is 0.268. The number of halogens is 1. The van der Waals surface area contributed by atoms with Crippen molar-refractivity contribution in [1.29, 1.82) is 0 Å². The van der Waals surface area contributed by atoms with E-state index in [1.165, 1.54) is 5.56 Å². The topological polar surface area (TPSA) is 21.3 Å². The third-order valence-corrected chi connectivity index (χ3v) is 2.43. The van der Waals surface area contributed by atoms with Gasteiger partial charge in [-0.3, -0.25) is 0 Å². The van der Waals surface area contributed by atoms with Crippen LogP contribution in [0.2, 0.25) is 5.02 Å². The van der Waals surface area contributed by atoms with Gasteiger partial charge in [0.2, 0.25) is 0 Å². The van der Waals surface area contributed by atoms with E-state index in [4.69, 9.17) is 16.3 Å². The van der Waals surface area contributed by atoms with Gasteiger partial charge in [0.1, 0.15) is 0 Å². The fourth-order valence-electron chi connectivity index (χ4n) is 1.35. The largest absolute Gasteiger partial charge is 0.380 e. The van der Waals surface area contributed by atoms with Gasteiger partial charge in [0, 0.05) is 12.6 Å². The Morgan fingerprint density at radius 3 is 2.87 bits per heavy atom. The van der Waals surface area contributed by atoms with E-state index >= 15 is 0 Å². The molecule has 0 aliphatic rings. The van der Waals surface area contributed by atoms with E-state index in [2.05, 4.69) is 19.2 Å². The zero-order valence-corrected chi connectivity index (χ0v) is 10.3. The quantitative estimate of drug-likeness (QED) is 0.832. The summed E-state index contributed by atoms with van der Waals surface area (Å²) in [6.45, 7) is 7.56. The standard InChI is InChI=1S/C12H18ClNO/c1-4-15-8-10(3)14-12-7-9(2)5-6-11(12)13/h5-7,10,14H,4,8H2,1-3H3. The molecule has 1 atom stereocenters. The Balaban J connectivity index is 2.59. The highest BCUT2D eigenvalue weighted by molar-refractivity contribution is 6.33. The van der Waals surface area contributed by atoms with Gasteiger partial charge in [-0.15, -0.1) is 0 Å². The maximum absolute atomic E-state index is 6.07. The predicted octanol–water partition coefficient (Wildman–Crippen LogP) is 3.49. The van der Waals surface area contributed by atoms with Gasteiger partial charge in [-0.1, -0.05) is 17.7 Å². The molecule has 15 heavy (non-hydrogen) atoms. The number of benzene rings is 1. The van der Waals surface area contributed by atoms with Crippen LogP contribution in [0.3, 0.4) is 0 Å². The van der Waals surface area contributed by atoms with E-state index in [1.807, 2.05) is 25.1 Å². The van der Waals surface area contributed by atoms with Crippen LogP contribution in [0, 0.1) is 6.92 Å². The zero-order valence-electron chi connectivity index (χ0n) is 9.51. The van der Waals surface area contributed by atoms with E-state index in [0.29, 0.717) is 6.61 Å². The minimum absolute atomic E-state index is 0.268. The van der Waals surface area contributed by atoms with E-state index in [-0.39, 0.29) is 6.04 Å². The normalized spacial score (nSPS) is 12.5. The summed E-state index contributed by atoms with van der Waals surface area (Å²) < 4.78 is 5.33. The first-order valence-electron chi connectivity index (χ1n) is 5.24. The van der Waals surface area contributed by atoms with Gasteiger partial charge >= 0.3 is 0 Å². The maximum Gasteiger partial charge on any atom is 0.0664 e. The van der Waals surface area contributed by atoms with Crippen molar-refractivity contribution >= 4 is 17.3 Å². The van der Waals surface area contributed by atoms with Crippen LogP contribution >= 0.6 is 11.6 Å². The van der Waals surface area contributed by atoms with E-state index in [0.717, 1.165) is 17.3 Å². The van der Waals surface area contributed by atoms with E-state index in [9.17, 15) is 0 Å². The first-order valence-corrected chi connectivity index (χ1v) is 5.61. The molecule has 0 aliphatic heterocycles. The molecule has 0 fully saturated rings. The molecule has 0 aliphatic carbocycles. The molecule has 1 aromatic rings. The minimum Gasteiger partial charge on any atom is -0.380 e. The first-order chi connectivity index (χ1) is 7.13. The maximum atomic E-state index is 6.07. The lowest BCUT2D eigenvalue weighted by molar-refractivity contribution is 0.141. The second kappa shape index (κ2) is 5.99. The molecule has 0 bridgehead atoms. The van der Waals surface area contributed by atoms with Crippen molar-refractivity contribution in [2.24, 2.45) is 0 Å². The van der Waals surface area contributed by atoms with Gasteiger partial charge in [-0.2, -0.15) is 0 Å². The molecular formula is C12H18ClNO. The average Bonchev–Trinajstić information content (AvgIpc) is 2.20. The van der Waals surface area contributed by atoms with Crippen LogP contribution in [0.15, 0.2) is 18.2 Å². The van der Waals surface area contributed by atoms with Crippen molar-refractivity contribution in [3.8, 4) is 0 Å². The van der Waals surface area contributed by atoms with Crippen molar-refractivity contribution in [2.75, 3.05) is 18.5 Å². The highest BCUT2D eigenvalue weighted by atomic mass is 35.5. The summed E-state index contributed by atoms with van der Waals surface area (Å²) in [5.41, 5.74) is 2.18. The van der Waals surface area contributed by atoms with Gasteiger partial charge in [0.05, 0.1) is 17.3 Å². The lowest BCUT2D eigenvalue weighted by Gasteiger charge is -2.16. The average molecular weight is 228 g/mol.